The number of nitrogens with one attached hydrogen (secondary N) is 1. The summed E-state index contributed by atoms with van der Waals surface area (Å²) in [6.45, 7) is 1.82. The Balaban J connectivity index is 2.23. The highest BCUT2D eigenvalue weighted by atomic mass is 32.2. The first-order chi connectivity index (χ1) is 8.90. The fraction of sp³-hybridized carbons (Fsp3) is 0.182. The molecule has 102 valence electrons. The molecular weight excluding hydrogens is 289 g/mol. The molecule has 0 unspecified atom stereocenters. The van der Waals surface area contributed by atoms with Gasteiger partial charge in [-0.15, -0.1) is 11.3 Å². The molecule has 0 fully saturated rings. The minimum Gasteiger partial charge on any atom is -0.398 e. The maximum Gasteiger partial charge on any atom is 0.245 e. The van der Waals surface area contributed by atoms with Crippen molar-refractivity contribution in [3.05, 3.63) is 40.1 Å². The summed E-state index contributed by atoms with van der Waals surface area (Å²) in [6, 6.07) is 3.75. The number of thiazole rings is 1. The molecule has 0 aliphatic rings. The van der Waals surface area contributed by atoms with Crippen molar-refractivity contribution in [1.29, 1.82) is 0 Å². The lowest BCUT2D eigenvalue weighted by Crippen LogP contribution is -2.25. The van der Waals surface area contributed by atoms with Gasteiger partial charge in [0.2, 0.25) is 10.0 Å². The number of nitrogen functional groups attached to an aromatic ring is 1. The van der Waals surface area contributed by atoms with Crippen molar-refractivity contribution in [3.63, 3.8) is 0 Å². The molecule has 0 aliphatic carbocycles. The molecule has 1 aromatic carbocycles. The summed E-state index contributed by atoms with van der Waals surface area (Å²) in [5, 5.41) is 2.57. The van der Waals surface area contributed by atoms with Gasteiger partial charge in [0.15, 0.2) is 0 Å². The summed E-state index contributed by atoms with van der Waals surface area (Å²) < 4.78 is 39.8. The number of sulfonamides is 1. The number of hydrogen-bond donors (Lipinski definition) is 2. The molecule has 1 aromatic heterocycles. The predicted octanol–water partition coefficient (Wildman–Crippen LogP) is 1.65. The highest BCUT2D eigenvalue weighted by molar-refractivity contribution is 7.89. The number of anilines is 1. The molecule has 0 saturated carbocycles. The van der Waals surface area contributed by atoms with Gasteiger partial charge in [-0.25, -0.2) is 22.5 Å². The summed E-state index contributed by atoms with van der Waals surface area (Å²) in [5.41, 5.74) is 5.97. The maximum absolute atomic E-state index is 13.6. The van der Waals surface area contributed by atoms with Crippen LogP contribution in [0.15, 0.2) is 28.5 Å². The van der Waals surface area contributed by atoms with Crippen molar-refractivity contribution in [2.75, 3.05) is 5.73 Å². The molecule has 1 heterocycles. The summed E-state index contributed by atoms with van der Waals surface area (Å²) >= 11 is 1.41. The highest BCUT2D eigenvalue weighted by Gasteiger charge is 2.22. The zero-order valence-corrected chi connectivity index (χ0v) is 11.7. The molecule has 2 aromatic rings. The van der Waals surface area contributed by atoms with Gasteiger partial charge in [-0.3, -0.25) is 0 Å². The van der Waals surface area contributed by atoms with E-state index in [4.69, 9.17) is 5.73 Å². The third-order valence-corrected chi connectivity index (χ3v) is 4.69. The summed E-state index contributed by atoms with van der Waals surface area (Å²) in [6.07, 6.45) is 0. The van der Waals surface area contributed by atoms with Crippen LogP contribution in [0.1, 0.15) is 10.7 Å². The lowest BCUT2D eigenvalue weighted by atomic mass is 10.3. The van der Waals surface area contributed by atoms with Crippen LogP contribution in [0.2, 0.25) is 0 Å². The Kier molecular flexibility index (Phi) is 3.83. The molecule has 3 N–H and O–H groups in total. The van der Waals surface area contributed by atoms with Gasteiger partial charge >= 0.3 is 0 Å². The van der Waals surface area contributed by atoms with Crippen LogP contribution in [0.4, 0.5) is 10.1 Å². The molecule has 0 amide bonds. The first-order valence-corrected chi connectivity index (χ1v) is 7.71. The van der Waals surface area contributed by atoms with E-state index in [-0.39, 0.29) is 12.2 Å². The smallest absolute Gasteiger partial charge is 0.245 e. The second kappa shape index (κ2) is 5.24. The standard InChI is InChI=1S/C11H12FN3O2S2/c1-7-15-8(6-18-7)5-14-19(16,17)11-9(12)3-2-4-10(11)13/h2-4,6,14H,5,13H2,1H3. The van der Waals surface area contributed by atoms with E-state index < -0.39 is 20.7 Å². The average Bonchev–Trinajstić information content (AvgIpc) is 2.72. The Morgan fingerprint density at radius 1 is 1.47 bits per heavy atom. The minimum atomic E-state index is -4.00. The second-order valence-corrected chi connectivity index (χ2v) is 6.61. The number of aryl methyl sites for hydroxylation is 1. The average molecular weight is 301 g/mol. The fourth-order valence-electron chi connectivity index (χ4n) is 1.54. The zero-order chi connectivity index (χ0) is 14.0. The highest BCUT2D eigenvalue weighted by Crippen LogP contribution is 2.21. The van der Waals surface area contributed by atoms with E-state index in [9.17, 15) is 12.8 Å². The van der Waals surface area contributed by atoms with E-state index in [0.29, 0.717) is 5.69 Å². The van der Waals surface area contributed by atoms with E-state index >= 15 is 0 Å². The number of nitrogens with zero attached hydrogens (tertiary/aromatic N) is 1. The second-order valence-electron chi connectivity index (χ2n) is 3.84. The molecule has 2 rings (SSSR count). The van der Waals surface area contributed by atoms with Gasteiger partial charge in [-0.05, 0) is 19.1 Å². The Morgan fingerprint density at radius 3 is 2.79 bits per heavy atom. The molecule has 0 bridgehead atoms. The molecule has 0 radical (unpaired) electrons. The Morgan fingerprint density at radius 2 is 2.21 bits per heavy atom. The number of aromatic nitrogens is 1. The molecule has 19 heavy (non-hydrogen) atoms. The van der Waals surface area contributed by atoms with Crippen LogP contribution in [0, 0.1) is 12.7 Å². The van der Waals surface area contributed by atoms with Gasteiger partial charge in [0.25, 0.3) is 0 Å². The van der Waals surface area contributed by atoms with Crippen molar-refractivity contribution in [2.45, 2.75) is 18.4 Å². The summed E-state index contributed by atoms with van der Waals surface area (Å²) in [7, 11) is -4.00. The number of halogens is 1. The van der Waals surface area contributed by atoms with Gasteiger partial charge in [-0.2, -0.15) is 0 Å². The van der Waals surface area contributed by atoms with Crippen molar-refractivity contribution < 1.29 is 12.8 Å². The topological polar surface area (TPSA) is 85.1 Å². The van der Waals surface area contributed by atoms with Crippen LogP contribution >= 0.6 is 11.3 Å². The molecule has 0 saturated heterocycles. The van der Waals surface area contributed by atoms with E-state index in [1.807, 2.05) is 6.92 Å². The summed E-state index contributed by atoms with van der Waals surface area (Å²) in [4.78, 5) is 3.59. The van der Waals surface area contributed by atoms with Crippen molar-refractivity contribution >= 4 is 27.0 Å². The maximum atomic E-state index is 13.6. The SMILES string of the molecule is Cc1nc(CNS(=O)(=O)c2c(N)cccc2F)cs1. The number of nitrogens with two attached hydrogens (primary N) is 1. The predicted molar refractivity (Wildman–Crippen MR) is 71.7 cm³/mol. The van der Waals surface area contributed by atoms with E-state index in [0.717, 1.165) is 11.1 Å². The minimum absolute atomic E-state index is 0.000444. The molecular formula is C11H12FN3O2S2. The van der Waals surface area contributed by atoms with Crippen LogP contribution in [0.3, 0.4) is 0 Å². The van der Waals surface area contributed by atoms with Gasteiger partial charge in [0.1, 0.15) is 10.7 Å². The third-order valence-electron chi connectivity index (χ3n) is 2.38. The van der Waals surface area contributed by atoms with Gasteiger partial charge in [-0.1, -0.05) is 6.07 Å². The first kappa shape index (κ1) is 13.9. The zero-order valence-electron chi connectivity index (χ0n) is 10.1. The fourth-order valence-corrected chi connectivity index (χ4v) is 3.34. The molecule has 0 atom stereocenters. The van der Waals surface area contributed by atoms with Gasteiger partial charge in [0, 0.05) is 5.38 Å². The number of rotatable bonds is 4. The molecule has 5 nitrogen and oxygen atoms in total. The van der Waals surface area contributed by atoms with E-state index in [1.54, 1.807) is 5.38 Å². The van der Waals surface area contributed by atoms with Crippen LogP contribution in [-0.2, 0) is 16.6 Å². The number of benzene rings is 1. The lowest BCUT2D eigenvalue weighted by Gasteiger charge is -2.08. The van der Waals surface area contributed by atoms with Gasteiger partial charge < -0.3 is 5.73 Å². The van der Waals surface area contributed by atoms with Crippen molar-refractivity contribution in [2.24, 2.45) is 0 Å². The van der Waals surface area contributed by atoms with Crippen molar-refractivity contribution in [3.8, 4) is 0 Å². The van der Waals surface area contributed by atoms with Crippen molar-refractivity contribution in [1.82, 2.24) is 9.71 Å². The Hall–Kier alpha value is -1.51. The van der Waals surface area contributed by atoms with Crippen LogP contribution < -0.4 is 10.5 Å². The quantitative estimate of drug-likeness (QED) is 0.841. The van der Waals surface area contributed by atoms with Crippen LogP contribution in [0.25, 0.3) is 0 Å². The monoisotopic (exact) mass is 301 g/mol. The lowest BCUT2D eigenvalue weighted by molar-refractivity contribution is 0.557. The molecule has 8 heteroatoms. The first-order valence-electron chi connectivity index (χ1n) is 5.35. The van der Waals surface area contributed by atoms with E-state index in [2.05, 4.69) is 9.71 Å². The molecule has 0 spiro atoms. The molecule has 0 aliphatic heterocycles. The number of hydrogen-bond acceptors (Lipinski definition) is 5. The largest absolute Gasteiger partial charge is 0.398 e. The van der Waals surface area contributed by atoms with Crippen LogP contribution in [-0.4, -0.2) is 13.4 Å². The van der Waals surface area contributed by atoms with E-state index in [1.165, 1.54) is 23.5 Å². The Labute approximate surface area is 114 Å². The normalized spacial score (nSPS) is 11.7. The van der Waals surface area contributed by atoms with Gasteiger partial charge in [0.05, 0.1) is 22.9 Å². The third kappa shape index (κ3) is 3.09. The van der Waals surface area contributed by atoms with Crippen LogP contribution in [0.5, 0.6) is 0 Å². The Bertz CT molecular complexity index is 677. The summed E-state index contributed by atoms with van der Waals surface area (Å²) in [5.74, 6) is -0.873.